The second-order valence-corrected chi connectivity index (χ2v) is 6.17. The molecule has 1 aromatic carbocycles. The largest absolute Gasteiger partial charge is 0.497 e. The number of rotatable bonds is 7. The smallest absolute Gasteiger partial charge is 0.119 e. The maximum atomic E-state index is 5.27. The number of hydrogen-bond donors (Lipinski definition) is 1. The molecule has 1 atom stereocenters. The van der Waals surface area contributed by atoms with Gasteiger partial charge in [-0.25, -0.2) is 0 Å². The average molecular weight is 314 g/mol. The molecule has 102 valence electrons. The standard InChI is InChI=1S/C15H24BrNO/c1-11(2)9-17-10-12(3)7-13-8-14(18-4)5-6-15(13)16/h5-6,8,11-12,17H,7,9-10H2,1-4H3. The summed E-state index contributed by atoms with van der Waals surface area (Å²) in [5, 5.41) is 3.51. The average Bonchev–Trinajstić information content (AvgIpc) is 2.31. The topological polar surface area (TPSA) is 21.3 Å². The predicted molar refractivity (Wildman–Crippen MR) is 81.3 cm³/mol. The molecule has 0 aliphatic rings. The van der Waals surface area contributed by atoms with Crippen molar-refractivity contribution in [1.82, 2.24) is 5.32 Å². The lowest BCUT2D eigenvalue weighted by Gasteiger charge is -2.15. The van der Waals surface area contributed by atoms with Gasteiger partial charge in [-0.1, -0.05) is 36.7 Å². The first-order valence-corrected chi connectivity index (χ1v) is 7.35. The Labute approximate surface area is 119 Å². The molecule has 1 aromatic rings. The minimum atomic E-state index is 0.618. The van der Waals surface area contributed by atoms with Crippen LogP contribution in [-0.2, 0) is 6.42 Å². The van der Waals surface area contributed by atoms with Crippen LogP contribution in [0.1, 0.15) is 26.3 Å². The number of benzene rings is 1. The molecule has 18 heavy (non-hydrogen) atoms. The van der Waals surface area contributed by atoms with Crippen molar-refractivity contribution >= 4 is 15.9 Å². The summed E-state index contributed by atoms with van der Waals surface area (Å²) in [6, 6.07) is 6.15. The van der Waals surface area contributed by atoms with Crippen molar-refractivity contribution in [3.8, 4) is 5.75 Å². The second-order valence-electron chi connectivity index (χ2n) is 5.32. The van der Waals surface area contributed by atoms with Gasteiger partial charge in [0, 0.05) is 4.47 Å². The first-order valence-electron chi connectivity index (χ1n) is 6.56. The van der Waals surface area contributed by atoms with Crippen LogP contribution in [0, 0.1) is 11.8 Å². The fourth-order valence-electron chi connectivity index (χ4n) is 1.90. The first kappa shape index (κ1) is 15.5. The number of hydrogen-bond acceptors (Lipinski definition) is 2. The van der Waals surface area contributed by atoms with Crippen LogP contribution in [0.3, 0.4) is 0 Å². The van der Waals surface area contributed by atoms with E-state index in [1.165, 1.54) is 10.0 Å². The Bertz CT molecular complexity index is 366. The first-order chi connectivity index (χ1) is 8.52. The molecule has 1 rings (SSSR count). The highest BCUT2D eigenvalue weighted by atomic mass is 79.9. The highest BCUT2D eigenvalue weighted by Gasteiger charge is 2.08. The number of halogens is 1. The van der Waals surface area contributed by atoms with Crippen molar-refractivity contribution in [2.45, 2.75) is 27.2 Å². The summed E-state index contributed by atoms with van der Waals surface area (Å²) in [5.41, 5.74) is 1.31. The van der Waals surface area contributed by atoms with E-state index < -0.39 is 0 Å². The molecular weight excluding hydrogens is 290 g/mol. The van der Waals surface area contributed by atoms with Crippen molar-refractivity contribution in [2.24, 2.45) is 11.8 Å². The van der Waals surface area contributed by atoms with Crippen LogP contribution in [0.5, 0.6) is 5.75 Å². The molecular formula is C15H24BrNO. The molecule has 0 aromatic heterocycles. The molecule has 0 radical (unpaired) electrons. The van der Waals surface area contributed by atoms with Crippen molar-refractivity contribution < 1.29 is 4.74 Å². The molecule has 2 nitrogen and oxygen atoms in total. The van der Waals surface area contributed by atoms with E-state index in [1.54, 1.807) is 7.11 Å². The van der Waals surface area contributed by atoms with Gasteiger partial charge in [-0.2, -0.15) is 0 Å². The van der Waals surface area contributed by atoms with Gasteiger partial charge in [0.15, 0.2) is 0 Å². The van der Waals surface area contributed by atoms with Gasteiger partial charge in [-0.05, 0) is 55.1 Å². The van der Waals surface area contributed by atoms with Crippen LogP contribution in [0.25, 0.3) is 0 Å². The minimum absolute atomic E-state index is 0.618. The summed E-state index contributed by atoms with van der Waals surface area (Å²) in [4.78, 5) is 0. The van der Waals surface area contributed by atoms with Gasteiger partial charge >= 0.3 is 0 Å². The minimum Gasteiger partial charge on any atom is -0.497 e. The normalized spacial score (nSPS) is 12.8. The maximum Gasteiger partial charge on any atom is 0.119 e. The summed E-state index contributed by atoms with van der Waals surface area (Å²) >= 11 is 3.60. The zero-order chi connectivity index (χ0) is 13.5. The zero-order valence-corrected chi connectivity index (χ0v) is 13.4. The Balaban J connectivity index is 2.50. The van der Waals surface area contributed by atoms with E-state index in [9.17, 15) is 0 Å². The van der Waals surface area contributed by atoms with E-state index >= 15 is 0 Å². The van der Waals surface area contributed by atoms with Crippen molar-refractivity contribution in [3.63, 3.8) is 0 Å². The lowest BCUT2D eigenvalue weighted by Crippen LogP contribution is -2.26. The van der Waals surface area contributed by atoms with Gasteiger partial charge in [0.1, 0.15) is 5.75 Å². The van der Waals surface area contributed by atoms with Gasteiger partial charge in [0.2, 0.25) is 0 Å². The Morgan fingerprint density at radius 3 is 2.56 bits per heavy atom. The van der Waals surface area contributed by atoms with Gasteiger partial charge in [0.05, 0.1) is 7.11 Å². The Morgan fingerprint density at radius 2 is 1.94 bits per heavy atom. The fourth-order valence-corrected chi connectivity index (χ4v) is 2.31. The van der Waals surface area contributed by atoms with E-state index in [0.29, 0.717) is 11.8 Å². The molecule has 0 aliphatic heterocycles. The SMILES string of the molecule is COc1ccc(Br)c(CC(C)CNCC(C)C)c1. The molecule has 0 aliphatic carbocycles. The van der Waals surface area contributed by atoms with Crippen molar-refractivity contribution in [3.05, 3.63) is 28.2 Å². The molecule has 1 N–H and O–H groups in total. The highest BCUT2D eigenvalue weighted by Crippen LogP contribution is 2.24. The van der Waals surface area contributed by atoms with Crippen LogP contribution >= 0.6 is 15.9 Å². The van der Waals surface area contributed by atoms with Crippen molar-refractivity contribution in [2.75, 3.05) is 20.2 Å². The number of nitrogens with one attached hydrogen (secondary N) is 1. The molecule has 0 amide bonds. The lowest BCUT2D eigenvalue weighted by molar-refractivity contribution is 0.413. The molecule has 0 heterocycles. The number of methoxy groups -OCH3 is 1. The Hall–Kier alpha value is -0.540. The molecule has 0 spiro atoms. The summed E-state index contributed by atoms with van der Waals surface area (Å²) in [6.07, 6.45) is 1.06. The van der Waals surface area contributed by atoms with E-state index in [4.69, 9.17) is 4.74 Å². The van der Waals surface area contributed by atoms with E-state index in [2.05, 4.69) is 54.2 Å². The van der Waals surface area contributed by atoms with E-state index in [-0.39, 0.29) is 0 Å². The van der Waals surface area contributed by atoms with Crippen LogP contribution in [0.15, 0.2) is 22.7 Å². The Kier molecular flexibility index (Phi) is 6.72. The molecule has 0 saturated carbocycles. The monoisotopic (exact) mass is 313 g/mol. The third-order valence-corrected chi connectivity index (χ3v) is 3.64. The highest BCUT2D eigenvalue weighted by molar-refractivity contribution is 9.10. The van der Waals surface area contributed by atoms with Crippen molar-refractivity contribution in [1.29, 1.82) is 0 Å². The van der Waals surface area contributed by atoms with Gasteiger partial charge in [-0.3, -0.25) is 0 Å². The van der Waals surface area contributed by atoms with Crippen LogP contribution in [-0.4, -0.2) is 20.2 Å². The van der Waals surface area contributed by atoms with Crippen LogP contribution < -0.4 is 10.1 Å². The number of ether oxygens (including phenoxy) is 1. The van der Waals surface area contributed by atoms with Crippen LogP contribution in [0.4, 0.5) is 0 Å². The van der Waals surface area contributed by atoms with E-state index in [0.717, 1.165) is 25.3 Å². The fraction of sp³-hybridized carbons (Fsp3) is 0.600. The molecule has 0 saturated heterocycles. The third kappa shape index (κ3) is 5.40. The van der Waals surface area contributed by atoms with Gasteiger partial charge < -0.3 is 10.1 Å². The molecule has 0 bridgehead atoms. The maximum absolute atomic E-state index is 5.27. The molecule has 1 unspecified atom stereocenters. The molecule has 3 heteroatoms. The summed E-state index contributed by atoms with van der Waals surface area (Å²) in [7, 11) is 1.71. The Morgan fingerprint density at radius 1 is 1.22 bits per heavy atom. The molecule has 0 fully saturated rings. The quantitative estimate of drug-likeness (QED) is 0.824. The van der Waals surface area contributed by atoms with E-state index in [1.807, 2.05) is 6.07 Å². The van der Waals surface area contributed by atoms with Gasteiger partial charge in [-0.15, -0.1) is 0 Å². The zero-order valence-electron chi connectivity index (χ0n) is 11.8. The predicted octanol–water partition coefficient (Wildman–Crippen LogP) is 3.88. The third-order valence-electron chi connectivity index (χ3n) is 2.87. The second kappa shape index (κ2) is 7.80. The summed E-state index contributed by atoms with van der Waals surface area (Å²) in [6.45, 7) is 8.89. The van der Waals surface area contributed by atoms with Crippen LogP contribution in [0.2, 0.25) is 0 Å². The lowest BCUT2D eigenvalue weighted by atomic mass is 10.0. The van der Waals surface area contributed by atoms with Gasteiger partial charge in [0.25, 0.3) is 0 Å². The summed E-state index contributed by atoms with van der Waals surface area (Å²) < 4.78 is 6.43. The summed E-state index contributed by atoms with van der Waals surface area (Å²) in [5.74, 6) is 2.25.